The molecule has 0 saturated heterocycles. The Balaban J connectivity index is 2.40. The highest BCUT2D eigenvalue weighted by Crippen LogP contribution is 2.32. The average molecular weight is 248 g/mol. The van der Waals surface area contributed by atoms with Crippen molar-refractivity contribution in [1.82, 2.24) is 0 Å². The number of benzene rings is 1. The molecule has 18 heavy (non-hydrogen) atoms. The van der Waals surface area contributed by atoms with E-state index < -0.39 is 6.04 Å². The number of anilines is 1. The van der Waals surface area contributed by atoms with Gasteiger partial charge in [-0.25, -0.2) is 0 Å². The molecular formula is C12H12N2O4. The lowest BCUT2D eigenvalue weighted by atomic mass is 10.0. The first-order valence-corrected chi connectivity index (χ1v) is 5.44. The number of ether oxygens (including phenoxy) is 1. The van der Waals surface area contributed by atoms with Crippen LogP contribution in [-0.2, 0) is 4.79 Å². The number of Topliss-reactive ketones (excluding diaryl/α,β-unsaturated/α-hetero) is 1. The molecule has 6 heteroatoms. The van der Waals surface area contributed by atoms with E-state index in [-0.39, 0.29) is 18.3 Å². The summed E-state index contributed by atoms with van der Waals surface area (Å²) < 4.78 is 5.24. The highest BCUT2D eigenvalue weighted by molar-refractivity contribution is 6.03. The Kier molecular flexibility index (Phi) is 3.10. The van der Waals surface area contributed by atoms with Gasteiger partial charge in [-0.1, -0.05) is 5.18 Å². The Morgan fingerprint density at radius 1 is 1.50 bits per heavy atom. The summed E-state index contributed by atoms with van der Waals surface area (Å²) >= 11 is 0. The monoisotopic (exact) mass is 248 g/mol. The zero-order chi connectivity index (χ0) is 13.3. The molecule has 6 nitrogen and oxygen atoms in total. The molecule has 0 spiro atoms. The van der Waals surface area contributed by atoms with Crippen molar-refractivity contribution in [3.8, 4) is 5.75 Å². The lowest BCUT2D eigenvalue weighted by Crippen LogP contribution is -2.35. The Bertz CT molecular complexity index is 527. The Labute approximate surface area is 104 Å². The molecule has 1 heterocycles. The van der Waals surface area contributed by atoms with E-state index >= 15 is 0 Å². The number of fused-ring (bicyclic) bond motifs is 1. The number of amides is 1. The van der Waals surface area contributed by atoms with Gasteiger partial charge in [0.05, 0.1) is 5.69 Å². The molecule has 0 aliphatic carbocycles. The molecule has 0 aromatic heterocycles. The summed E-state index contributed by atoms with van der Waals surface area (Å²) in [6.45, 7) is 1.42. The predicted molar refractivity (Wildman–Crippen MR) is 64.9 cm³/mol. The molecule has 1 unspecified atom stereocenters. The van der Waals surface area contributed by atoms with Crippen molar-refractivity contribution in [2.24, 2.45) is 5.18 Å². The van der Waals surface area contributed by atoms with Crippen LogP contribution >= 0.6 is 0 Å². The van der Waals surface area contributed by atoms with E-state index in [0.29, 0.717) is 17.0 Å². The molecular weight excluding hydrogens is 236 g/mol. The zero-order valence-corrected chi connectivity index (χ0v) is 10.0. The first-order valence-electron chi connectivity index (χ1n) is 5.44. The topological polar surface area (TPSA) is 76.0 Å². The lowest BCUT2D eigenvalue weighted by Gasteiger charge is -2.26. The van der Waals surface area contributed by atoms with Gasteiger partial charge < -0.3 is 9.64 Å². The zero-order valence-electron chi connectivity index (χ0n) is 10.0. The van der Waals surface area contributed by atoms with Crippen LogP contribution in [0, 0.1) is 4.91 Å². The minimum atomic E-state index is -0.937. The second-order valence-electron chi connectivity index (χ2n) is 4.07. The van der Waals surface area contributed by atoms with Crippen molar-refractivity contribution >= 4 is 17.4 Å². The molecule has 0 fully saturated rings. The number of hydrogen-bond donors (Lipinski definition) is 0. The summed E-state index contributed by atoms with van der Waals surface area (Å²) in [5, 5.41) is 2.70. The number of carbonyl (C=O) groups is 2. The molecule has 0 saturated carbocycles. The summed E-state index contributed by atoms with van der Waals surface area (Å²) in [7, 11) is 1.61. The van der Waals surface area contributed by atoms with Crippen molar-refractivity contribution in [1.29, 1.82) is 0 Å². The third-order valence-electron chi connectivity index (χ3n) is 2.87. The largest absolute Gasteiger partial charge is 0.482 e. The van der Waals surface area contributed by atoms with Crippen LogP contribution in [0.15, 0.2) is 23.4 Å². The molecule has 1 aromatic rings. The van der Waals surface area contributed by atoms with E-state index in [1.165, 1.54) is 17.9 Å². The normalized spacial score (nSPS) is 15.7. The molecule has 0 bridgehead atoms. The van der Waals surface area contributed by atoms with Gasteiger partial charge in [-0.2, -0.15) is 4.91 Å². The van der Waals surface area contributed by atoms with Crippen LogP contribution < -0.4 is 9.64 Å². The Morgan fingerprint density at radius 3 is 2.89 bits per heavy atom. The van der Waals surface area contributed by atoms with Gasteiger partial charge in [0.15, 0.2) is 18.4 Å². The molecule has 1 aliphatic heterocycles. The van der Waals surface area contributed by atoms with Gasteiger partial charge in [0.2, 0.25) is 0 Å². The van der Waals surface area contributed by atoms with Crippen molar-refractivity contribution < 1.29 is 14.3 Å². The summed E-state index contributed by atoms with van der Waals surface area (Å²) in [6.07, 6.45) is 0. The van der Waals surface area contributed by atoms with Gasteiger partial charge in [0, 0.05) is 12.6 Å². The smallest absolute Gasteiger partial charge is 0.264 e. The SMILES string of the molecule is CC(N=O)C(=O)c1ccc2c(c1)N(C)C(=O)CO2. The van der Waals surface area contributed by atoms with Crippen molar-refractivity contribution in [2.45, 2.75) is 13.0 Å². The standard InChI is InChI=1S/C12H12N2O4/c1-7(13-17)12(16)8-3-4-10-9(5-8)14(2)11(15)6-18-10/h3-5,7H,6H2,1-2H3. The first kappa shape index (κ1) is 12.2. The molecule has 1 aromatic carbocycles. The van der Waals surface area contributed by atoms with Gasteiger partial charge in [-0.05, 0) is 25.1 Å². The van der Waals surface area contributed by atoms with Crippen LogP contribution in [0.5, 0.6) is 5.75 Å². The van der Waals surface area contributed by atoms with Crippen LogP contribution in [0.2, 0.25) is 0 Å². The van der Waals surface area contributed by atoms with Crippen LogP contribution in [0.1, 0.15) is 17.3 Å². The molecule has 2 rings (SSSR count). The van der Waals surface area contributed by atoms with Gasteiger partial charge in [0.1, 0.15) is 5.75 Å². The first-order chi connectivity index (χ1) is 8.54. The van der Waals surface area contributed by atoms with Crippen LogP contribution in [0.3, 0.4) is 0 Å². The fourth-order valence-electron chi connectivity index (χ4n) is 1.71. The van der Waals surface area contributed by atoms with E-state index in [1.807, 2.05) is 0 Å². The maximum atomic E-state index is 11.8. The Morgan fingerprint density at radius 2 is 2.22 bits per heavy atom. The van der Waals surface area contributed by atoms with Crippen molar-refractivity contribution in [2.75, 3.05) is 18.6 Å². The summed E-state index contributed by atoms with van der Waals surface area (Å²) in [5.74, 6) is -0.0201. The van der Waals surface area contributed by atoms with E-state index in [1.54, 1.807) is 19.2 Å². The summed E-state index contributed by atoms with van der Waals surface area (Å²) in [4.78, 5) is 35.1. The predicted octanol–water partition coefficient (Wildman–Crippen LogP) is 1.38. The van der Waals surface area contributed by atoms with Crippen molar-refractivity contribution in [3.05, 3.63) is 28.7 Å². The van der Waals surface area contributed by atoms with Crippen LogP contribution in [0.4, 0.5) is 5.69 Å². The molecule has 0 radical (unpaired) electrons. The molecule has 1 amide bonds. The van der Waals surface area contributed by atoms with Crippen LogP contribution in [0.25, 0.3) is 0 Å². The maximum Gasteiger partial charge on any atom is 0.264 e. The average Bonchev–Trinajstić information content (AvgIpc) is 2.41. The minimum absolute atomic E-state index is 0.0108. The van der Waals surface area contributed by atoms with E-state index in [9.17, 15) is 14.5 Å². The number of carbonyl (C=O) groups excluding carboxylic acids is 2. The second-order valence-corrected chi connectivity index (χ2v) is 4.07. The van der Waals surface area contributed by atoms with Crippen molar-refractivity contribution in [3.63, 3.8) is 0 Å². The highest BCUT2D eigenvalue weighted by atomic mass is 16.5. The number of nitrogens with zero attached hydrogens (tertiary/aromatic N) is 2. The quantitative estimate of drug-likeness (QED) is 0.598. The van der Waals surface area contributed by atoms with E-state index in [2.05, 4.69) is 5.18 Å². The van der Waals surface area contributed by atoms with E-state index in [4.69, 9.17) is 4.74 Å². The van der Waals surface area contributed by atoms with Gasteiger partial charge in [-0.3, -0.25) is 9.59 Å². The molecule has 0 N–H and O–H groups in total. The fraction of sp³-hybridized carbons (Fsp3) is 0.333. The Hall–Kier alpha value is -2.24. The highest BCUT2D eigenvalue weighted by Gasteiger charge is 2.24. The second kappa shape index (κ2) is 4.56. The maximum absolute atomic E-state index is 11.8. The number of likely N-dealkylation sites (N-methyl/N-ethyl adjacent to an activating group) is 1. The lowest BCUT2D eigenvalue weighted by molar-refractivity contribution is -0.120. The third-order valence-corrected chi connectivity index (χ3v) is 2.87. The molecule has 1 atom stereocenters. The van der Waals surface area contributed by atoms with Gasteiger partial charge in [-0.15, -0.1) is 0 Å². The van der Waals surface area contributed by atoms with E-state index in [0.717, 1.165) is 0 Å². The summed E-state index contributed by atoms with van der Waals surface area (Å²) in [6, 6.07) is 3.78. The number of nitroso groups, excluding NO2 is 1. The minimum Gasteiger partial charge on any atom is -0.482 e. The molecule has 94 valence electrons. The summed E-state index contributed by atoms with van der Waals surface area (Å²) in [5.41, 5.74) is 0.862. The number of rotatable bonds is 3. The fourth-order valence-corrected chi connectivity index (χ4v) is 1.71. The van der Waals surface area contributed by atoms with Crippen LogP contribution in [-0.4, -0.2) is 31.4 Å². The third kappa shape index (κ3) is 1.97. The van der Waals surface area contributed by atoms with Gasteiger partial charge in [0.25, 0.3) is 5.91 Å². The van der Waals surface area contributed by atoms with Gasteiger partial charge >= 0.3 is 0 Å². The number of ketones is 1. The number of hydrogen-bond acceptors (Lipinski definition) is 5. The molecule has 1 aliphatic rings.